The fourth-order valence-electron chi connectivity index (χ4n) is 2.35. The number of hydrogen-bond acceptors (Lipinski definition) is 2. The highest BCUT2D eigenvalue weighted by Crippen LogP contribution is 2.31. The fraction of sp³-hybridized carbons (Fsp3) is 0.400. The van der Waals surface area contributed by atoms with Crippen LogP contribution in [-0.4, -0.2) is 9.55 Å². The third kappa shape index (κ3) is 2.53. The maximum atomic E-state index is 13.9. The van der Waals surface area contributed by atoms with Gasteiger partial charge in [0.2, 0.25) is 0 Å². The lowest BCUT2D eigenvalue weighted by molar-refractivity contribution is 0.571. The van der Waals surface area contributed by atoms with Crippen LogP contribution >= 0.6 is 0 Å². The molecule has 0 amide bonds. The topological polar surface area (TPSA) is 43.8 Å². The predicted molar refractivity (Wildman–Crippen MR) is 76.4 cm³/mol. The summed E-state index contributed by atoms with van der Waals surface area (Å²) in [5.41, 5.74) is 6.53. The number of halogens is 2. The second-order valence-electron chi connectivity index (χ2n) is 5.10. The van der Waals surface area contributed by atoms with Gasteiger partial charge in [0.1, 0.15) is 29.0 Å². The molecule has 20 heavy (non-hydrogen) atoms. The second kappa shape index (κ2) is 5.61. The molecule has 0 aliphatic rings. The third-order valence-corrected chi connectivity index (χ3v) is 3.19. The quantitative estimate of drug-likeness (QED) is 0.921. The Bertz CT molecular complexity index is 618. The summed E-state index contributed by atoms with van der Waals surface area (Å²) >= 11 is 0. The zero-order valence-corrected chi connectivity index (χ0v) is 12.0. The van der Waals surface area contributed by atoms with Gasteiger partial charge < -0.3 is 10.3 Å². The number of hydrogen-bond donors (Lipinski definition) is 1. The molecular weight excluding hydrogens is 260 g/mol. The van der Waals surface area contributed by atoms with E-state index in [4.69, 9.17) is 5.73 Å². The lowest BCUT2D eigenvalue weighted by atomic mass is 10.1. The number of aryl methyl sites for hydroxylation is 1. The molecule has 2 aromatic rings. The number of nitrogens with two attached hydrogens (primary N) is 1. The molecule has 0 radical (unpaired) electrons. The lowest BCUT2D eigenvalue weighted by Gasteiger charge is -2.13. The lowest BCUT2D eigenvalue weighted by Crippen LogP contribution is -2.09. The van der Waals surface area contributed by atoms with E-state index in [1.807, 2.05) is 25.3 Å². The van der Waals surface area contributed by atoms with E-state index < -0.39 is 11.6 Å². The first-order valence-electron chi connectivity index (χ1n) is 6.77. The molecule has 1 aromatic carbocycles. The van der Waals surface area contributed by atoms with Crippen molar-refractivity contribution in [1.82, 2.24) is 9.55 Å². The van der Waals surface area contributed by atoms with Crippen LogP contribution in [0.25, 0.3) is 11.3 Å². The Morgan fingerprint density at radius 2 is 2.00 bits per heavy atom. The minimum absolute atomic E-state index is 0.110. The first-order valence-corrected chi connectivity index (χ1v) is 6.77. The standard InChI is InChI=1S/C15H19F2N3/c1-4-5-13-19-14(15(18)20(13)9(2)3)11-8-10(16)6-7-12(11)17/h6-9H,4-5,18H2,1-3H3. The molecule has 0 saturated heterocycles. The molecule has 0 bridgehead atoms. The third-order valence-electron chi connectivity index (χ3n) is 3.19. The molecule has 0 saturated carbocycles. The van der Waals surface area contributed by atoms with E-state index in [0.29, 0.717) is 11.5 Å². The van der Waals surface area contributed by atoms with Gasteiger partial charge in [-0.3, -0.25) is 0 Å². The summed E-state index contributed by atoms with van der Waals surface area (Å²) in [4.78, 5) is 4.42. The van der Waals surface area contributed by atoms with Gasteiger partial charge in [0.15, 0.2) is 0 Å². The van der Waals surface area contributed by atoms with Crippen molar-refractivity contribution < 1.29 is 8.78 Å². The van der Waals surface area contributed by atoms with Gasteiger partial charge in [0, 0.05) is 18.0 Å². The maximum absolute atomic E-state index is 13.9. The van der Waals surface area contributed by atoms with Gasteiger partial charge in [0.25, 0.3) is 0 Å². The van der Waals surface area contributed by atoms with Gasteiger partial charge in [-0.05, 0) is 38.5 Å². The zero-order valence-electron chi connectivity index (χ0n) is 12.0. The summed E-state index contributed by atoms with van der Waals surface area (Å²) in [7, 11) is 0. The van der Waals surface area contributed by atoms with Crippen LogP contribution in [0.4, 0.5) is 14.6 Å². The van der Waals surface area contributed by atoms with Gasteiger partial charge >= 0.3 is 0 Å². The molecule has 1 aromatic heterocycles. The molecule has 0 aliphatic heterocycles. The van der Waals surface area contributed by atoms with Crippen LogP contribution in [0.2, 0.25) is 0 Å². The van der Waals surface area contributed by atoms with Crippen LogP contribution in [0.15, 0.2) is 18.2 Å². The molecule has 0 unspecified atom stereocenters. The van der Waals surface area contributed by atoms with Crippen molar-refractivity contribution in [3.8, 4) is 11.3 Å². The smallest absolute Gasteiger partial charge is 0.132 e. The minimum atomic E-state index is -0.519. The van der Waals surface area contributed by atoms with Crippen LogP contribution in [-0.2, 0) is 6.42 Å². The number of nitrogens with zero attached hydrogens (tertiary/aromatic N) is 2. The number of benzene rings is 1. The SMILES string of the molecule is CCCc1nc(-c2cc(F)ccc2F)c(N)n1C(C)C. The van der Waals surface area contributed by atoms with Crippen molar-refractivity contribution in [3.63, 3.8) is 0 Å². The van der Waals surface area contributed by atoms with Gasteiger partial charge in [0.05, 0.1) is 0 Å². The van der Waals surface area contributed by atoms with Crippen LogP contribution in [0, 0.1) is 11.6 Å². The summed E-state index contributed by atoms with van der Waals surface area (Å²) in [6, 6.07) is 3.43. The average molecular weight is 279 g/mol. The minimum Gasteiger partial charge on any atom is -0.383 e. The van der Waals surface area contributed by atoms with Gasteiger partial charge in [-0.25, -0.2) is 13.8 Å². The van der Waals surface area contributed by atoms with E-state index in [1.54, 1.807) is 0 Å². The Morgan fingerprint density at radius 1 is 1.30 bits per heavy atom. The van der Waals surface area contributed by atoms with Crippen LogP contribution in [0.3, 0.4) is 0 Å². The molecule has 2 rings (SSSR count). The monoisotopic (exact) mass is 279 g/mol. The summed E-state index contributed by atoms with van der Waals surface area (Å²) in [6.07, 6.45) is 1.66. The Kier molecular flexibility index (Phi) is 4.06. The van der Waals surface area contributed by atoms with Crippen molar-refractivity contribution in [1.29, 1.82) is 0 Å². The van der Waals surface area contributed by atoms with Crippen LogP contribution in [0.5, 0.6) is 0 Å². The summed E-state index contributed by atoms with van der Waals surface area (Å²) in [5.74, 6) is 0.165. The number of nitrogen functional groups attached to an aromatic ring is 1. The second-order valence-corrected chi connectivity index (χ2v) is 5.10. The number of imidazole rings is 1. The normalized spacial score (nSPS) is 11.3. The Morgan fingerprint density at radius 3 is 2.60 bits per heavy atom. The molecule has 1 heterocycles. The summed E-state index contributed by atoms with van der Waals surface area (Å²) < 4.78 is 29.1. The van der Waals surface area contributed by atoms with E-state index in [1.165, 1.54) is 0 Å². The Labute approximate surface area is 117 Å². The maximum Gasteiger partial charge on any atom is 0.132 e. The van der Waals surface area contributed by atoms with E-state index in [0.717, 1.165) is 36.9 Å². The predicted octanol–water partition coefficient (Wildman–Crippen LogP) is 3.94. The van der Waals surface area contributed by atoms with Crippen molar-refractivity contribution in [3.05, 3.63) is 35.7 Å². The van der Waals surface area contributed by atoms with Crippen LogP contribution < -0.4 is 5.73 Å². The molecule has 0 spiro atoms. The number of aromatic nitrogens is 2. The van der Waals surface area contributed by atoms with Crippen molar-refractivity contribution in [2.45, 2.75) is 39.7 Å². The molecule has 0 aliphatic carbocycles. The first-order chi connectivity index (χ1) is 9.45. The number of rotatable bonds is 4. The molecule has 0 fully saturated rings. The molecular formula is C15H19F2N3. The van der Waals surface area contributed by atoms with E-state index >= 15 is 0 Å². The van der Waals surface area contributed by atoms with E-state index in [9.17, 15) is 8.78 Å². The van der Waals surface area contributed by atoms with Crippen molar-refractivity contribution in [2.75, 3.05) is 5.73 Å². The molecule has 5 heteroatoms. The Balaban J connectivity index is 2.63. The highest BCUT2D eigenvalue weighted by atomic mass is 19.1. The number of anilines is 1. The molecule has 0 atom stereocenters. The summed E-state index contributed by atoms with van der Waals surface area (Å²) in [6.45, 7) is 6.02. The molecule has 3 nitrogen and oxygen atoms in total. The zero-order chi connectivity index (χ0) is 14.9. The largest absolute Gasteiger partial charge is 0.383 e. The highest BCUT2D eigenvalue weighted by molar-refractivity contribution is 5.71. The first kappa shape index (κ1) is 14.5. The van der Waals surface area contributed by atoms with Gasteiger partial charge in [-0.15, -0.1) is 0 Å². The van der Waals surface area contributed by atoms with E-state index in [-0.39, 0.29) is 11.6 Å². The van der Waals surface area contributed by atoms with Crippen molar-refractivity contribution >= 4 is 5.82 Å². The average Bonchev–Trinajstić information content (AvgIpc) is 2.70. The fourth-order valence-corrected chi connectivity index (χ4v) is 2.35. The summed E-state index contributed by atoms with van der Waals surface area (Å²) in [5, 5.41) is 0. The van der Waals surface area contributed by atoms with Crippen LogP contribution in [0.1, 0.15) is 39.1 Å². The van der Waals surface area contributed by atoms with E-state index in [2.05, 4.69) is 4.98 Å². The molecule has 2 N–H and O–H groups in total. The highest BCUT2D eigenvalue weighted by Gasteiger charge is 2.20. The van der Waals surface area contributed by atoms with Crippen molar-refractivity contribution in [2.24, 2.45) is 0 Å². The van der Waals surface area contributed by atoms with Gasteiger partial charge in [-0.1, -0.05) is 6.92 Å². The Hall–Kier alpha value is -1.91. The molecule has 108 valence electrons. The van der Waals surface area contributed by atoms with Gasteiger partial charge in [-0.2, -0.15) is 0 Å².